The largest absolute Gasteiger partial charge is 0.303 e. The highest BCUT2D eigenvalue weighted by Gasteiger charge is 2.08. The molecule has 0 unspecified atom stereocenters. The third kappa shape index (κ3) is 6.39. The summed E-state index contributed by atoms with van der Waals surface area (Å²) in [5, 5.41) is 4.43. The van der Waals surface area contributed by atoms with Gasteiger partial charge < -0.3 is 4.79 Å². The molecule has 1 heterocycles. The van der Waals surface area contributed by atoms with Crippen LogP contribution in [0.2, 0.25) is 0 Å². The van der Waals surface area contributed by atoms with E-state index in [0.717, 1.165) is 32.1 Å². The zero-order valence-electron chi connectivity index (χ0n) is 14.2. The highest BCUT2D eigenvalue weighted by molar-refractivity contribution is 5.53. The monoisotopic (exact) mass is 312 g/mol. The average molecular weight is 312 g/mol. The zero-order valence-corrected chi connectivity index (χ0v) is 14.2. The molecule has 3 nitrogen and oxygen atoms in total. The lowest BCUT2D eigenvalue weighted by atomic mass is 9.96. The number of hydrogen-bond donors (Lipinski definition) is 0. The number of aryl methyl sites for hydroxylation is 1. The Labute approximate surface area is 139 Å². The lowest BCUT2D eigenvalue weighted by molar-refractivity contribution is -0.111. The van der Waals surface area contributed by atoms with Crippen molar-refractivity contribution in [1.82, 2.24) is 9.78 Å². The van der Waals surface area contributed by atoms with Crippen molar-refractivity contribution in [2.75, 3.05) is 0 Å². The second-order valence-electron chi connectivity index (χ2n) is 6.32. The number of nitrogens with zero attached hydrogens (tertiary/aromatic N) is 2. The van der Waals surface area contributed by atoms with E-state index >= 15 is 0 Å². The smallest absolute Gasteiger partial charge is 0.123 e. The molecule has 0 spiro atoms. The third-order valence-electron chi connectivity index (χ3n) is 4.30. The van der Waals surface area contributed by atoms with Crippen LogP contribution < -0.4 is 0 Å². The Balaban J connectivity index is 1.76. The maximum absolute atomic E-state index is 11.2. The van der Waals surface area contributed by atoms with Crippen LogP contribution in [0.5, 0.6) is 0 Å². The van der Waals surface area contributed by atoms with E-state index < -0.39 is 0 Å². The van der Waals surface area contributed by atoms with Crippen molar-refractivity contribution in [3.05, 3.63) is 53.9 Å². The van der Waals surface area contributed by atoms with Gasteiger partial charge in [-0.2, -0.15) is 5.10 Å². The Morgan fingerprint density at radius 3 is 2.65 bits per heavy atom. The molecular formula is C20H28N2O. The summed E-state index contributed by atoms with van der Waals surface area (Å²) >= 11 is 0. The van der Waals surface area contributed by atoms with Gasteiger partial charge in [0.1, 0.15) is 6.29 Å². The second-order valence-corrected chi connectivity index (χ2v) is 6.32. The number of carbonyl (C=O) groups is 1. The molecule has 0 saturated heterocycles. The fourth-order valence-electron chi connectivity index (χ4n) is 2.86. The van der Waals surface area contributed by atoms with Gasteiger partial charge in [0.25, 0.3) is 0 Å². The summed E-state index contributed by atoms with van der Waals surface area (Å²) in [6, 6.07) is 10.3. The summed E-state index contributed by atoms with van der Waals surface area (Å²) in [5.74, 6) is 0.198. The van der Waals surface area contributed by atoms with Crippen LogP contribution in [0.1, 0.15) is 56.6 Å². The Bertz CT molecular complexity index is 562. The normalized spacial score (nSPS) is 12.2. The van der Waals surface area contributed by atoms with Gasteiger partial charge >= 0.3 is 0 Å². The predicted molar refractivity (Wildman–Crippen MR) is 94.4 cm³/mol. The SMILES string of the molecule is CCCCCC[C@@H](C=O)CCc1cnn(Cc2ccccc2)c1. The van der Waals surface area contributed by atoms with E-state index in [-0.39, 0.29) is 5.92 Å². The number of aldehydes is 1. The molecule has 0 aliphatic rings. The van der Waals surface area contributed by atoms with Crippen molar-refractivity contribution >= 4 is 6.29 Å². The molecule has 0 radical (unpaired) electrons. The second kappa shape index (κ2) is 9.98. The molecule has 0 saturated carbocycles. The predicted octanol–water partition coefficient (Wildman–Crippen LogP) is 4.65. The maximum Gasteiger partial charge on any atom is 0.123 e. The van der Waals surface area contributed by atoms with Gasteiger partial charge in [0.05, 0.1) is 12.7 Å². The summed E-state index contributed by atoms with van der Waals surface area (Å²) < 4.78 is 1.97. The quantitative estimate of drug-likeness (QED) is 0.447. The molecule has 0 bridgehead atoms. The number of unbranched alkanes of at least 4 members (excludes halogenated alkanes) is 3. The van der Waals surface area contributed by atoms with Gasteiger partial charge in [-0.25, -0.2) is 0 Å². The van der Waals surface area contributed by atoms with E-state index in [1.165, 1.54) is 36.8 Å². The molecule has 23 heavy (non-hydrogen) atoms. The van der Waals surface area contributed by atoms with E-state index in [1.54, 1.807) is 0 Å². The van der Waals surface area contributed by atoms with Crippen molar-refractivity contribution in [1.29, 1.82) is 0 Å². The molecule has 3 heteroatoms. The minimum Gasteiger partial charge on any atom is -0.303 e. The molecule has 0 amide bonds. The highest BCUT2D eigenvalue weighted by Crippen LogP contribution is 2.15. The van der Waals surface area contributed by atoms with Crippen LogP contribution in [0.3, 0.4) is 0 Å². The first-order valence-electron chi connectivity index (χ1n) is 8.82. The van der Waals surface area contributed by atoms with Gasteiger partial charge in [-0.3, -0.25) is 4.68 Å². The van der Waals surface area contributed by atoms with Crippen molar-refractivity contribution in [3.63, 3.8) is 0 Å². The molecule has 1 atom stereocenters. The first kappa shape index (κ1) is 17.5. The van der Waals surface area contributed by atoms with E-state index in [9.17, 15) is 4.79 Å². The number of benzene rings is 1. The number of aromatic nitrogens is 2. The first-order valence-corrected chi connectivity index (χ1v) is 8.82. The van der Waals surface area contributed by atoms with Gasteiger partial charge in [0, 0.05) is 12.1 Å². The standard InChI is InChI=1S/C20H28N2O/c1-2-3-4-6-11-19(17-23)12-13-20-14-21-22(16-20)15-18-9-7-5-8-10-18/h5,7-10,14,16-17,19H,2-4,6,11-13,15H2,1H3/t19-/m1/s1. The maximum atomic E-state index is 11.2. The van der Waals surface area contributed by atoms with Crippen molar-refractivity contribution in [2.24, 2.45) is 5.92 Å². The van der Waals surface area contributed by atoms with Gasteiger partial charge in [0.2, 0.25) is 0 Å². The molecule has 0 aliphatic carbocycles. The fourth-order valence-corrected chi connectivity index (χ4v) is 2.86. The van der Waals surface area contributed by atoms with Crippen molar-refractivity contribution in [2.45, 2.75) is 58.4 Å². The molecule has 2 aromatic rings. The molecule has 124 valence electrons. The minimum absolute atomic E-state index is 0.198. The Hall–Kier alpha value is -1.90. The molecular weight excluding hydrogens is 284 g/mol. The number of rotatable bonds is 11. The average Bonchev–Trinajstić information content (AvgIpc) is 3.02. The lowest BCUT2D eigenvalue weighted by Crippen LogP contribution is -2.04. The summed E-state index contributed by atoms with van der Waals surface area (Å²) in [7, 11) is 0. The van der Waals surface area contributed by atoms with Gasteiger partial charge in [-0.1, -0.05) is 62.9 Å². The van der Waals surface area contributed by atoms with Crippen LogP contribution in [-0.4, -0.2) is 16.1 Å². The van der Waals surface area contributed by atoms with Gasteiger partial charge in [0.15, 0.2) is 0 Å². The summed E-state index contributed by atoms with van der Waals surface area (Å²) in [5.41, 5.74) is 2.48. The fraction of sp³-hybridized carbons (Fsp3) is 0.500. The van der Waals surface area contributed by atoms with Gasteiger partial charge in [-0.05, 0) is 30.4 Å². The Morgan fingerprint density at radius 2 is 1.91 bits per heavy atom. The topological polar surface area (TPSA) is 34.9 Å². The van der Waals surface area contributed by atoms with Crippen LogP contribution in [-0.2, 0) is 17.8 Å². The van der Waals surface area contributed by atoms with E-state index in [2.05, 4.69) is 30.4 Å². The van der Waals surface area contributed by atoms with E-state index in [0.29, 0.717) is 0 Å². The molecule has 2 rings (SSSR count). The molecule has 1 aromatic heterocycles. The molecule has 1 aromatic carbocycles. The highest BCUT2D eigenvalue weighted by atomic mass is 16.1. The Morgan fingerprint density at radius 1 is 1.09 bits per heavy atom. The van der Waals surface area contributed by atoms with Crippen LogP contribution in [0, 0.1) is 5.92 Å². The van der Waals surface area contributed by atoms with Crippen molar-refractivity contribution < 1.29 is 4.79 Å². The Kier molecular flexibility index (Phi) is 7.58. The molecule has 0 N–H and O–H groups in total. The van der Waals surface area contributed by atoms with Gasteiger partial charge in [-0.15, -0.1) is 0 Å². The zero-order chi connectivity index (χ0) is 16.3. The van der Waals surface area contributed by atoms with Crippen LogP contribution >= 0.6 is 0 Å². The third-order valence-corrected chi connectivity index (χ3v) is 4.30. The summed E-state index contributed by atoms with van der Waals surface area (Å²) in [4.78, 5) is 11.2. The lowest BCUT2D eigenvalue weighted by Gasteiger charge is -2.08. The number of carbonyl (C=O) groups excluding carboxylic acids is 1. The first-order chi connectivity index (χ1) is 11.3. The van der Waals surface area contributed by atoms with Crippen LogP contribution in [0.25, 0.3) is 0 Å². The summed E-state index contributed by atoms with van der Waals surface area (Å²) in [6.07, 6.45) is 13.0. The van der Waals surface area contributed by atoms with Crippen LogP contribution in [0.15, 0.2) is 42.7 Å². The summed E-state index contributed by atoms with van der Waals surface area (Å²) in [6.45, 7) is 3.01. The molecule has 0 aliphatic heterocycles. The van der Waals surface area contributed by atoms with Crippen LogP contribution in [0.4, 0.5) is 0 Å². The molecule has 0 fully saturated rings. The number of hydrogen-bond acceptors (Lipinski definition) is 2. The van der Waals surface area contributed by atoms with E-state index in [4.69, 9.17) is 0 Å². The van der Waals surface area contributed by atoms with E-state index in [1.807, 2.05) is 29.1 Å². The minimum atomic E-state index is 0.198. The van der Waals surface area contributed by atoms with Crippen molar-refractivity contribution in [3.8, 4) is 0 Å².